The topological polar surface area (TPSA) is 15.3 Å². The van der Waals surface area contributed by atoms with Crippen molar-refractivity contribution in [3.63, 3.8) is 0 Å². The van der Waals surface area contributed by atoms with E-state index in [4.69, 9.17) is 0 Å². The van der Waals surface area contributed by atoms with E-state index in [2.05, 4.69) is 49.3 Å². The minimum atomic E-state index is 0. The molecule has 1 aromatic carbocycles. The molecule has 0 bridgehead atoms. The quantitative estimate of drug-likeness (QED) is 0.894. The molecule has 0 atom stereocenters. The fourth-order valence-corrected chi connectivity index (χ4v) is 3.10. The summed E-state index contributed by atoms with van der Waals surface area (Å²) in [6, 6.07) is 6.64. The molecule has 1 aliphatic rings. The number of aryl methyl sites for hydroxylation is 2. The molecule has 0 unspecified atom stereocenters. The van der Waals surface area contributed by atoms with Gasteiger partial charge in [0.2, 0.25) is 0 Å². The van der Waals surface area contributed by atoms with E-state index in [0.717, 1.165) is 12.5 Å². The molecule has 1 fully saturated rings. The number of rotatable bonds is 5. The van der Waals surface area contributed by atoms with Crippen molar-refractivity contribution in [1.29, 1.82) is 0 Å². The second-order valence-electron chi connectivity index (χ2n) is 5.98. The molecule has 0 saturated carbocycles. The van der Waals surface area contributed by atoms with Gasteiger partial charge in [-0.15, -0.1) is 12.4 Å². The van der Waals surface area contributed by atoms with E-state index in [0.29, 0.717) is 0 Å². The number of halogens is 1. The van der Waals surface area contributed by atoms with Gasteiger partial charge in [0.1, 0.15) is 0 Å². The molecule has 2 rings (SSSR count). The Morgan fingerprint density at radius 2 is 1.75 bits per heavy atom. The van der Waals surface area contributed by atoms with Gasteiger partial charge < -0.3 is 5.32 Å². The number of nitrogens with zero attached hydrogens (tertiary/aromatic N) is 1. The monoisotopic (exact) mass is 296 g/mol. The Labute approximate surface area is 130 Å². The molecule has 0 spiro atoms. The van der Waals surface area contributed by atoms with E-state index in [1.807, 2.05) is 0 Å². The number of hydrogen-bond acceptors (Lipinski definition) is 2. The van der Waals surface area contributed by atoms with Crippen LogP contribution in [0.2, 0.25) is 0 Å². The van der Waals surface area contributed by atoms with Crippen molar-refractivity contribution in [2.45, 2.75) is 39.7 Å². The van der Waals surface area contributed by atoms with Crippen molar-refractivity contribution in [2.24, 2.45) is 5.92 Å². The van der Waals surface area contributed by atoms with Gasteiger partial charge in [-0.3, -0.25) is 4.90 Å². The van der Waals surface area contributed by atoms with Gasteiger partial charge in [0.15, 0.2) is 0 Å². The Morgan fingerprint density at radius 1 is 1.15 bits per heavy atom. The summed E-state index contributed by atoms with van der Waals surface area (Å²) < 4.78 is 0. The van der Waals surface area contributed by atoms with Crippen LogP contribution in [0.1, 0.15) is 36.0 Å². The van der Waals surface area contributed by atoms with Crippen LogP contribution in [-0.2, 0) is 6.54 Å². The number of benzene rings is 1. The average molecular weight is 297 g/mol. The number of hydrogen-bond donors (Lipinski definition) is 1. The first-order chi connectivity index (χ1) is 9.20. The minimum Gasteiger partial charge on any atom is -0.320 e. The second-order valence-corrected chi connectivity index (χ2v) is 5.98. The summed E-state index contributed by atoms with van der Waals surface area (Å²) >= 11 is 0. The summed E-state index contributed by atoms with van der Waals surface area (Å²) in [5.41, 5.74) is 4.42. The third-order valence-corrected chi connectivity index (χ3v) is 4.54. The molecule has 0 amide bonds. The molecule has 3 heteroatoms. The minimum absolute atomic E-state index is 0. The molecular formula is C17H29ClN2. The van der Waals surface area contributed by atoms with Crippen LogP contribution in [0, 0.1) is 19.8 Å². The highest BCUT2D eigenvalue weighted by Crippen LogP contribution is 2.23. The van der Waals surface area contributed by atoms with E-state index in [1.54, 1.807) is 0 Å². The van der Waals surface area contributed by atoms with Crippen LogP contribution >= 0.6 is 12.4 Å². The molecule has 114 valence electrons. The third kappa shape index (κ3) is 4.76. The SMILES string of the molecule is CNCCC1CCN(Cc2c(C)cccc2C)CC1.Cl. The average Bonchev–Trinajstić information content (AvgIpc) is 2.42. The van der Waals surface area contributed by atoms with Gasteiger partial charge in [-0.25, -0.2) is 0 Å². The summed E-state index contributed by atoms with van der Waals surface area (Å²) in [5, 5.41) is 3.27. The van der Waals surface area contributed by atoms with E-state index in [-0.39, 0.29) is 12.4 Å². The molecule has 0 aromatic heterocycles. The lowest BCUT2D eigenvalue weighted by Crippen LogP contribution is -2.34. The lowest BCUT2D eigenvalue weighted by atomic mass is 9.92. The van der Waals surface area contributed by atoms with Crippen molar-refractivity contribution in [1.82, 2.24) is 10.2 Å². The van der Waals surface area contributed by atoms with Crippen LogP contribution in [0.25, 0.3) is 0 Å². The highest BCUT2D eigenvalue weighted by molar-refractivity contribution is 5.85. The predicted octanol–water partition coefficient (Wildman–Crippen LogP) is 3.55. The van der Waals surface area contributed by atoms with E-state index >= 15 is 0 Å². The highest BCUT2D eigenvalue weighted by atomic mass is 35.5. The predicted molar refractivity (Wildman–Crippen MR) is 89.7 cm³/mol. The van der Waals surface area contributed by atoms with Crippen molar-refractivity contribution >= 4 is 12.4 Å². The van der Waals surface area contributed by atoms with Gasteiger partial charge in [-0.05, 0) is 82.4 Å². The van der Waals surface area contributed by atoms with E-state index in [9.17, 15) is 0 Å². The van der Waals surface area contributed by atoms with Gasteiger partial charge in [-0.1, -0.05) is 18.2 Å². The summed E-state index contributed by atoms with van der Waals surface area (Å²) in [7, 11) is 2.05. The Kier molecular flexibility index (Phi) is 7.57. The fraction of sp³-hybridized carbons (Fsp3) is 0.647. The molecule has 1 N–H and O–H groups in total. The number of likely N-dealkylation sites (tertiary alicyclic amines) is 1. The Hall–Kier alpha value is -0.570. The standard InChI is InChI=1S/C17H28N2.ClH/c1-14-5-4-6-15(2)17(14)13-19-11-8-16(9-12-19)7-10-18-3;/h4-6,16,18H,7-13H2,1-3H3;1H. The summed E-state index contributed by atoms with van der Waals surface area (Å²) in [5.74, 6) is 0.932. The number of nitrogens with one attached hydrogen (secondary N) is 1. The van der Waals surface area contributed by atoms with E-state index in [1.165, 1.54) is 55.6 Å². The van der Waals surface area contributed by atoms with Gasteiger partial charge in [0, 0.05) is 6.54 Å². The van der Waals surface area contributed by atoms with Gasteiger partial charge >= 0.3 is 0 Å². The van der Waals surface area contributed by atoms with Crippen molar-refractivity contribution in [2.75, 3.05) is 26.7 Å². The Bertz CT molecular complexity index is 378. The van der Waals surface area contributed by atoms with Gasteiger partial charge in [0.05, 0.1) is 0 Å². The maximum absolute atomic E-state index is 3.27. The first kappa shape index (κ1) is 17.5. The largest absolute Gasteiger partial charge is 0.320 e. The van der Waals surface area contributed by atoms with Gasteiger partial charge in [-0.2, -0.15) is 0 Å². The number of piperidine rings is 1. The van der Waals surface area contributed by atoms with Crippen molar-refractivity contribution in [3.8, 4) is 0 Å². The maximum atomic E-state index is 3.27. The lowest BCUT2D eigenvalue weighted by molar-refractivity contribution is 0.172. The van der Waals surface area contributed by atoms with Crippen LogP contribution in [0.15, 0.2) is 18.2 Å². The van der Waals surface area contributed by atoms with Crippen LogP contribution in [0.5, 0.6) is 0 Å². The Balaban J connectivity index is 0.00000200. The van der Waals surface area contributed by atoms with Gasteiger partial charge in [0.25, 0.3) is 0 Å². The molecule has 1 heterocycles. The Morgan fingerprint density at radius 3 is 2.30 bits per heavy atom. The molecular weight excluding hydrogens is 268 g/mol. The summed E-state index contributed by atoms with van der Waals surface area (Å²) in [6.07, 6.45) is 4.08. The second kappa shape index (κ2) is 8.66. The first-order valence-corrected chi connectivity index (χ1v) is 7.62. The smallest absolute Gasteiger partial charge is 0.0238 e. The zero-order chi connectivity index (χ0) is 13.7. The van der Waals surface area contributed by atoms with Crippen LogP contribution in [-0.4, -0.2) is 31.6 Å². The molecule has 1 aromatic rings. The maximum Gasteiger partial charge on any atom is 0.0238 e. The van der Waals surface area contributed by atoms with Crippen LogP contribution in [0.4, 0.5) is 0 Å². The van der Waals surface area contributed by atoms with E-state index < -0.39 is 0 Å². The summed E-state index contributed by atoms with van der Waals surface area (Å²) in [6.45, 7) is 9.31. The first-order valence-electron chi connectivity index (χ1n) is 7.62. The third-order valence-electron chi connectivity index (χ3n) is 4.54. The molecule has 0 aliphatic carbocycles. The molecule has 1 aliphatic heterocycles. The lowest BCUT2D eigenvalue weighted by Gasteiger charge is -2.32. The van der Waals surface area contributed by atoms with Crippen LogP contribution < -0.4 is 5.32 Å². The summed E-state index contributed by atoms with van der Waals surface area (Å²) in [4.78, 5) is 2.63. The zero-order valence-corrected chi connectivity index (χ0v) is 13.9. The normalized spacial score (nSPS) is 16.9. The molecule has 20 heavy (non-hydrogen) atoms. The zero-order valence-electron chi connectivity index (χ0n) is 13.1. The van der Waals surface area contributed by atoms with Crippen molar-refractivity contribution < 1.29 is 0 Å². The fourth-order valence-electron chi connectivity index (χ4n) is 3.10. The van der Waals surface area contributed by atoms with Crippen LogP contribution in [0.3, 0.4) is 0 Å². The molecule has 2 nitrogen and oxygen atoms in total. The van der Waals surface area contributed by atoms with Crippen molar-refractivity contribution in [3.05, 3.63) is 34.9 Å². The molecule has 0 radical (unpaired) electrons. The molecule has 1 saturated heterocycles. The highest BCUT2D eigenvalue weighted by Gasteiger charge is 2.19.